The van der Waals surface area contributed by atoms with Gasteiger partial charge in [0.25, 0.3) is 0 Å². The average molecular weight is 221 g/mol. The highest BCUT2D eigenvalue weighted by atomic mass is 32.2. The van der Waals surface area contributed by atoms with Crippen molar-refractivity contribution in [1.82, 2.24) is 0 Å². The number of thioether (sulfide) groups is 1. The van der Waals surface area contributed by atoms with Crippen LogP contribution in [0.25, 0.3) is 0 Å². The van der Waals surface area contributed by atoms with Crippen LogP contribution in [-0.2, 0) is 4.74 Å². The molecule has 0 saturated carbocycles. The quantitative estimate of drug-likeness (QED) is 0.782. The highest BCUT2D eigenvalue weighted by Crippen LogP contribution is 2.39. The first-order chi connectivity index (χ1) is 7.31. The molecule has 1 aromatic rings. The number of ether oxygens (including phenoxy) is 1. The van der Waals surface area contributed by atoms with E-state index >= 15 is 0 Å². The first-order valence-electron chi connectivity index (χ1n) is 5.06. The number of benzene rings is 1. The number of hydrogen-bond acceptors (Lipinski definition) is 3. The first kappa shape index (κ1) is 10.7. The van der Waals surface area contributed by atoms with Crippen molar-refractivity contribution in [2.45, 2.75) is 18.2 Å². The second-order valence-corrected chi connectivity index (χ2v) is 4.95. The van der Waals surface area contributed by atoms with Gasteiger partial charge in [-0.25, -0.2) is 0 Å². The molecule has 0 aromatic heterocycles. The van der Waals surface area contributed by atoms with E-state index in [2.05, 4.69) is 36.2 Å². The first-order valence-corrected chi connectivity index (χ1v) is 5.94. The lowest BCUT2D eigenvalue weighted by Crippen LogP contribution is -2.16. The van der Waals surface area contributed by atoms with E-state index in [4.69, 9.17) is 4.74 Å². The average Bonchev–Trinajstić information content (AvgIpc) is 2.62. The minimum absolute atomic E-state index is 0.266. The molecule has 1 aromatic carbocycles. The summed E-state index contributed by atoms with van der Waals surface area (Å²) in [7, 11) is 1.73. The smallest absolute Gasteiger partial charge is 0.0905 e. The third-order valence-electron chi connectivity index (χ3n) is 2.46. The fourth-order valence-electron chi connectivity index (χ4n) is 1.82. The molecular weight excluding hydrogens is 206 g/mol. The third-order valence-corrected chi connectivity index (χ3v) is 3.75. The van der Waals surface area contributed by atoms with E-state index in [1.165, 1.54) is 5.56 Å². The molecular formula is C12H15NOS. The highest BCUT2D eigenvalue weighted by Gasteiger charge is 2.29. The molecule has 0 spiro atoms. The van der Waals surface area contributed by atoms with E-state index < -0.39 is 0 Å². The molecule has 80 valence electrons. The van der Waals surface area contributed by atoms with Crippen LogP contribution in [-0.4, -0.2) is 24.8 Å². The van der Waals surface area contributed by atoms with Crippen molar-refractivity contribution in [2.75, 3.05) is 13.7 Å². The van der Waals surface area contributed by atoms with Crippen LogP contribution in [0.5, 0.6) is 0 Å². The molecule has 0 bridgehead atoms. The summed E-state index contributed by atoms with van der Waals surface area (Å²) >= 11 is 1.84. The lowest BCUT2D eigenvalue weighted by Gasteiger charge is -2.16. The van der Waals surface area contributed by atoms with Gasteiger partial charge in [0.15, 0.2) is 0 Å². The molecule has 1 heterocycles. The van der Waals surface area contributed by atoms with Crippen LogP contribution in [0.1, 0.15) is 17.7 Å². The summed E-state index contributed by atoms with van der Waals surface area (Å²) in [5.41, 5.74) is 1.34. The van der Waals surface area contributed by atoms with Gasteiger partial charge in [-0.3, -0.25) is 4.99 Å². The SMILES string of the molecule is COCC1N=C(C)S[C@H]1c1ccccc1. The van der Waals surface area contributed by atoms with Gasteiger partial charge >= 0.3 is 0 Å². The summed E-state index contributed by atoms with van der Waals surface area (Å²) in [6, 6.07) is 10.8. The summed E-state index contributed by atoms with van der Waals surface area (Å²) < 4.78 is 5.21. The van der Waals surface area contributed by atoms with E-state index in [-0.39, 0.29) is 6.04 Å². The van der Waals surface area contributed by atoms with Gasteiger partial charge in [0.1, 0.15) is 0 Å². The third kappa shape index (κ3) is 2.41. The van der Waals surface area contributed by atoms with Gasteiger partial charge in [-0.2, -0.15) is 0 Å². The molecule has 3 heteroatoms. The van der Waals surface area contributed by atoms with E-state index in [1.807, 2.05) is 17.8 Å². The van der Waals surface area contributed by atoms with Gasteiger partial charge in [-0.15, -0.1) is 11.8 Å². The molecule has 2 rings (SSSR count). The zero-order chi connectivity index (χ0) is 10.7. The van der Waals surface area contributed by atoms with Crippen LogP contribution >= 0.6 is 11.8 Å². The molecule has 0 radical (unpaired) electrons. The van der Waals surface area contributed by atoms with Crippen molar-refractivity contribution in [3.8, 4) is 0 Å². The van der Waals surface area contributed by atoms with Gasteiger partial charge in [-0.1, -0.05) is 30.3 Å². The molecule has 0 N–H and O–H groups in total. The lowest BCUT2D eigenvalue weighted by molar-refractivity contribution is 0.180. The van der Waals surface area contributed by atoms with Crippen LogP contribution in [0.15, 0.2) is 35.3 Å². The predicted octanol–water partition coefficient (Wildman–Crippen LogP) is 2.91. The van der Waals surface area contributed by atoms with Crippen LogP contribution < -0.4 is 0 Å². The summed E-state index contributed by atoms with van der Waals surface area (Å²) in [4.78, 5) is 4.59. The Balaban J connectivity index is 2.16. The zero-order valence-electron chi connectivity index (χ0n) is 9.01. The molecule has 1 unspecified atom stereocenters. The lowest BCUT2D eigenvalue weighted by atomic mass is 10.1. The van der Waals surface area contributed by atoms with Crippen LogP contribution in [0.2, 0.25) is 0 Å². The Hall–Kier alpha value is -0.800. The second kappa shape index (κ2) is 4.81. The fraction of sp³-hybridized carbons (Fsp3) is 0.417. The summed E-state index contributed by atoms with van der Waals surface area (Å²) in [6.07, 6.45) is 0. The number of nitrogens with zero attached hydrogens (tertiary/aromatic N) is 1. The van der Waals surface area contributed by atoms with Gasteiger partial charge in [0, 0.05) is 7.11 Å². The standard InChI is InChI=1S/C12H15NOS/c1-9-13-11(8-14-2)12(15-9)10-6-4-3-5-7-10/h3-7,11-12H,8H2,1-2H3/t11?,12-/m0/s1. The Morgan fingerprint density at radius 1 is 1.33 bits per heavy atom. The summed E-state index contributed by atoms with van der Waals surface area (Å²) in [5.74, 6) is 0. The zero-order valence-corrected chi connectivity index (χ0v) is 9.83. The minimum Gasteiger partial charge on any atom is -0.382 e. The van der Waals surface area contributed by atoms with Gasteiger partial charge in [0.05, 0.1) is 22.9 Å². The van der Waals surface area contributed by atoms with E-state index in [1.54, 1.807) is 7.11 Å². The molecule has 15 heavy (non-hydrogen) atoms. The Bertz CT molecular complexity index is 350. The largest absolute Gasteiger partial charge is 0.382 e. The van der Waals surface area contributed by atoms with E-state index in [0.717, 1.165) is 5.04 Å². The van der Waals surface area contributed by atoms with Crippen molar-refractivity contribution in [1.29, 1.82) is 0 Å². The number of hydrogen-bond donors (Lipinski definition) is 0. The maximum Gasteiger partial charge on any atom is 0.0905 e. The van der Waals surface area contributed by atoms with Crippen LogP contribution in [0.3, 0.4) is 0 Å². The Morgan fingerprint density at radius 3 is 2.73 bits per heavy atom. The van der Waals surface area contributed by atoms with Gasteiger partial charge in [0.2, 0.25) is 0 Å². The van der Waals surface area contributed by atoms with Gasteiger partial charge < -0.3 is 4.74 Å². The fourth-order valence-corrected chi connectivity index (χ4v) is 2.98. The molecule has 0 aliphatic carbocycles. The number of rotatable bonds is 3. The van der Waals surface area contributed by atoms with Crippen molar-refractivity contribution < 1.29 is 4.74 Å². The maximum absolute atomic E-state index is 5.21. The van der Waals surface area contributed by atoms with Gasteiger partial charge in [-0.05, 0) is 12.5 Å². The van der Waals surface area contributed by atoms with Crippen LogP contribution in [0.4, 0.5) is 0 Å². The normalized spacial score (nSPS) is 25.3. The molecule has 0 amide bonds. The Morgan fingerprint density at radius 2 is 2.07 bits per heavy atom. The number of methoxy groups -OCH3 is 1. The van der Waals surface area contributed by atoms with Crippen molar-refractivity contribution in [3.63, 3.8) is 0 Å². The van der Waals surface area contributed by atoms with Crippen LogP contribution in [0, 0.1) is 0 Å². The molecule has 2 nitrogen and oxygen atoms in total. The van der Waals surface area contributed by atoms with Crippen molar-refractivity contribution >= 4 is 16.8 Å². The highest BCUT2D eigenvalue weighted by molar-refractivity contribution is 8.14. The van der Waals surface area contributed by atoms with Crippen molar-refractivity contribution in [3.05, 3.63) is 35.9 Å². The summed E-state index contributed by atoms with van der Waals surface area (Å²) in [6.45, 7) is 2.76. The molecule has 1 aliphatic heterocycles. The Kier molecular flexibility index (Phi) is 3.44. The van der Waals surface area contributed by atoms with E-state index in [9.17, 15) is 0 Å². The summed E-state index contributed by atoms with van der Waals surface area (Å²) in [5, 5.41) is 1.58. The second-order valence-electron chi connectivity index (χ2n) is 3.62. The van der Waals surface area contributed by atoms with Crippen molar-refractivity contribution in [2.24, 2.45) is 4.99 Å². The molecule has 2 atom stereocenters. The molecule has 0 fully saturated rings. The van der Waals surface area contributed by atoms with E-state index in [0.29, 0.717) is 11.9 Å². The topological polar surface area (TPSA) is 21.6 Å². The molecule has 0 saturated heterocycles. The number of aliphatic imine (C=N–C) groups is 1. The minimum atomic E-state index is 0.266. The maximum atomic E-state index is 5.21. The monoisotopic (exact) mass is 221 g/mol. The Labute approximate surface area is 94.7 Å². The molecule has 1 aliphatic rings. The predicted molar refractivity (Wildman–Crippen MR) is 65.5 cm³/mol.